The number of nitrogens with zero attached hydrogens (tertiary/aromatic N) is 2. The van der Waals surface area contributed by atoms with Gasteiger partial charge in [0.2, 0.25) is 5.91 Å². The number of nitrogens with one attached hydrogen (secondary N) is 1. The summed E-state index contributed by atoms with van der Waals surface area (Å²) in [6, 6.07) is 12.6. The minimum Gasteiger partial charge on any atom is -0.506 e. The molecule has 6 nitrogen and oxygen atoms in total. The molecule has 1 saturated heterocycles. The SMILES string of the molecule is O=C(CN1C[C@H](c2ccccc2)CC1=O)N/N=C\c1cc(Cl)cc(Cl)c1O. The molecule has 0 unspecified atom stereocenters. The van der Waals surface area contributed by atoms with Crippen molar-refractivity contribution in [3.8, 4) is 5.75 Å². The molecule has 1 heterocycles. The molecule has 0 radical (unpaired) electrons. The topological polar surface area (TPSA) is 82.0 Å². The molecule has 1 aliphatic heterocycles. The predicted octanol–water partition coefficient (Wildman–Crippen LogP) is 3.17. The number of carbonyl (C=O) groups is 2. The zero-order valence-electron chi connectivity index (χ0n) is 14.2. The third-order valence-corrected chi connectivity index (χ3v) is 4.78. The lowest BCUT2D eigenvalue weighted by molar-refractivity contribution is -0.133. The number of amides is 2. The summed E-state index contributed by atoms with van der Waals surface area (Å²) in [6.45, 7) is 0.409. The Hall–Kier alpha value is -2.57. The van der Waals surface area contributed by atoms with Crippen LogP contribution in [0.5, 0.6) is 5.75 Å². The molecule has 0 aliphatic carbocycles. The minimum atomic E-state index is -0.430. The molecule has 0 bridgehead atoms. The zero-order valence-corrected chi connectivity index (χ0v) is 15.7. The normalized spacial score (nSPS) is 16.9. The molecule has 0 spiro atoms. The van der Waals surface area contributed by atoms with Crippen molar-refractivity contribution >= 4 is 41.2 Å². The number of hydrogen-bond donors (Lipinski definition) is 2. The van der Waals surface area contributed by atoms with Crippen molar-refractivity contribution in [2.75, 3.05) is 13.1 Å². The number of aromatic hydroxyl groups is 1. The van der Waals surface area contributed by atoms with Crippen LogP contribution in [0.4, 0.5) is 0 Å². The largest absolute Gasteiger partial charge is 0.506 e. The van der Waals surface area contributed by atoms with Gasteiger partial charge in [-0.3, -0.25) is 9.59 Å². The van der Waals surface area contributed by atoms with Crippen LogP contribution < -0.4 is 5.43 Å². The van der Waals surface area contributed by atoms with E-state index in [1.807, 2.05) is 30.3 Å². The Labute approximate surface area is 166 Å². The van der Waals surface area contributed by atoms with Crippen LogP contribution in [0.2, 0.25) is 10.0 Å². The Bertz CT molecular complexity index is 887. The molecule has 2 N–H and O–H groups in total. The van der Waals surface area contributed by atoms with E-state index in [1.54, 1.807) is 0 Å². The maximum Gasteiger partial charge on any atom is 0.259 e. The smallest absolute Gasteiger partial charge is 0.259 e. The van der Waals surface area contributed by atoms with Crippen molar-refractivity contribution in [2.24, 2.45) is 5.10 Å². The maximum atomic E-state index is 12.2. The van der Waals surface area contributed by atoms with Gasteiger partial charge in [-0.2, -0.15) is 5.10 Å². The van der Waals surface area contributed by atoms with Crippen molar-refractivity contribution in [2.45, 2.75) is 12.3 Å². The third kappa shape index (κ3) is 4.78. The average Bonchev–Trinajstić information content (AvgIpc) is 3.00. The molecule has 1 aliphatic rings. The Morgan fingerprint density at radius 1 is 1.30 bits per heavy atom. The Kier molecular flexibility index (Phi) is 5.98. The average molecular weight is 406 g/mol. The van der Waals surface area contributed by atoms with Crippen LogP contribution in [0.3, 0.4) is 0 Å². The van der Waals surface area contributed by atoms with Crippen LogP contribution >= 0.6 is 23.2 Å². The van der Waals surface area contributed by atoms with Crippen LogP contribution in [-0.2, 0) is 9.59 Å². The van der Waals surface area contributed by atoms with Gasteiger partial charge in [-0.05, 0) is 17.7 Å². The van der Waals surface area contributed by atoms with Gasteiger partial charge in [0.15, 0.2) is 0 Å². The van der Waals surface area contributed by atoms with E-state index in [0.717, 1.165) is 5.56 Å². The molecule has 0 saturated carbocycles. The molecular formula is C19H17Cl2N3O3. The Balaban J connectivity index is 1.56. The molecule has 1 fully saturated rings. The summed E-state index contributed by atoms with van der Waals surface area (Å²) in [7, 11) is 0. The first-order chi connectivity index (χ1) is 12.9. The van der Waals surface area contributed by atoms with Crippen molar-refractivity contribution in [3.63, 3.8) is 0 Å². The lowest BCUT2D eigenvalue weighted by Crippen LogP contribution is -2.36. The van der Waals surface area contributed by atoms with Gasteiger partial charge in [0, 0.05) is 29.5 Å². The second kappa shape index (κ2) is 8.41. The fourth-order valence-electron chi connectivity index (χ4n) is 2.94. The van der Waals surface area contributed by atoms with E-state index in [1.165, 1.54) is 23.2 Å². The van der Waals surface area contributed by atoms with E-state index in [2.05, 4.69) is 10.5 Å². The van der Waals surface area contributed by atoms with Crippen LogP contribution in [0.15, 0.2) is 47.6 Å². The van der Waals surface area contributed by atoms with Gasteiger partial charge in [0.1, 0.15) is 12.3 Å². The molecule has 27 heavy (non-hydrogen) atoms. The number of phenols is 1. The summed E-state index contributed by atoms with van der Waals surface area (Å²) in [5, 5.41) is 14.1. The standard InChI is InChI=1S/C19H17Cl2N3O3/c20-15-6-13(19(27)16(21)8-15)9-22-23-17(25)11-24-10-14(7-18(24)26)12-4-2-1-3-5-12/h1-6,8-9,14,27H,7,10-11H2,(H,23,25)/b22-9-/t14-/m1/s1. The first kappa shape index (κ1) is 19.2. The summed E-state index contributed by atoms with van der Waals surface area (Å²) < 4.78 is 0. The molecule has 2 amide bonds. The first-order valence-electron chi connectivity index (χ1n) is 8.26. The van der Waals surface area contributed by atoms with Gasteiger partial charge >= 0.3 is 0 Å². The molecule has 140 valence electrons. The highest BCUT2D eigenvalue weighted by molar-refractivity contribution is 6.36. The number of hydrogen-bond acceptors (Lipinski definition) is 4. The minimum absolute atomic E-state index is 0.0674. The van der Waals surface area contributed by atoms with E-state index in [4.69, 9.17) is 23.2 Å². The van der Waals surface area contributed by atoms with Gasteiger partial charge in [-0.15, -0.1) is 0 Å². The number of phenolic OH excluding ortho intramolecular Hbond substituents is 1. The van der Waals surface area contributed by atoms with Gasteiger partial charge in [-0.25, -0.2) is 5.43 Å². The lowest BCUT2D eigenvalue weighted by Gasteiger charge is -2.15. The summed E-state index contributed by atoms with van der Waals surface area (Å²) >= 11 is 11.7. The molecule has 2 aromatic carbocycles. The van der Waals surface area contributed by atoms with Gasteiger partial charge < -0.3 is 10.0 Å². The van der Waals surface area contributed by atoms with Crippen LogP contribution in [0.25, 0.3) is 0 Å². The lowest BCUT2D eigenvalue weighted by atomic mass is 9.99. The number of rotatable bonds is 5. The van der Waals surface area contributed by atoms with Crippen molar-refractivity contribution in [3.05, 3.63) is 63.6 Å². The maximum absolute atomic E-state index is 12.2. The summed E-state index contributed by atoms with van der Waals surface area (Å²) in [6.07, 6.45) is 1.62. The number of likely N-dealkylation sites (tertiary alicyclic amines) is 1. The van der Waals surface area contributed by atoms with Crippen LogP contribution in [-0.4, -0.2) is 41.1 Å². The number of hydrazone groups is 1. The second-order valence-corrected chi connectivity index (χ2v) is 7.05. The molecule has 0 aromatic heterocycles. The molecule has 3 rings (SSSR count). The molecule has 1 atom stereocenters. The summed E-state index contributed by atoms with van der Waals surface area (Å²) in [4.78, 5) is 25.7. The highest BCUT2D eigenvalue weighted by Crippen LogP contribution is 2.30. The summed E-state index contributed by atoms with van der Waals surface area (Å²) in [5.74, 6) is -0.594. The van der Waals surface area contributed by atoms with Gasteiger partial charge in [0.05, 0.1) is 11.2 Å². The zero-order chi connectivity index (χ0) is 19.4. The van der Waals surface area contributed by atoms with E-state index in [-0.39, 0.29) is 34.7 Å². The predicted molar refractivity (Wildman–Crippen MR) is 104 cm³/mol. The number of benzene rings is 2. The van der Waals surface area contributed by atoms with E-state index in [0.29, 0.717) is 18.0 Å². The van der Waals surface area contributed by atoms with Crippen molar-refractivity contribution in [1.29, 1.82) is 0 Å². The fraction of sp³-hybridized carbons (Fsp3) is 0.211. The Morgan fingerprint density at radius 2 is 2.04 bits per heavy atom. The first-order valence-corrected chi connectivity index (χ1v) is 9.02. The molecular weight excluding hydrogens is 389 g/mol. The van der Waals surface area contributed by atoms with Crippen molar-refractivity contribution < 1.29 is 14.7 Å². The van der Waals surface area contributed by atoms with Crippen LogP contribution in [0, 0.1) is 0 Å². The number of carbonyl (C=O) groups excluding carboxylic acids is 2. The van der Waals surface area contributed by atoms with E-state index >= 15 is 0 Å². The highest BCUT2D eigenvalue weighted by Gasteiger charge is 2.31. The summed E-state index contributed by atoms with van der Waals surface area (Å²) in [5.41, 5.74) is 3.69. The Morgan fingerprint density at radius 3 is 2.78 bits per heavy atom. The van der Waals surface area contributed by atoms with E-state index < -0.39 is 5.91 Å². The van der Waals surface area contributed by atoms with E-state index in [9.17, 15) is 14.7 Å². The highest BCUT2D eigenvalue weighted by atomic mass is 35.5. The van der Waals surface area contributed by atoms with Crippen LogP contribution in [0.1, 0.15) is 23.5 Å². The molecule has 8 heteroatoms. The monoisotopic (exact) mass is 405 g/mol. The van der Waals surface area contributed by atoms with Gasteiger partial charge in [0.25, 0.3) is 5.91 Å². The van der Waals surface area contributed by atoms with Gasteiger partial charge in [-0.1, -0.05) is 53.5 Å². The fourth-order valence-corrected chi connectivity index (χ4v) is 3.45. The van der Waals surface area contributed by atoms with Crippen molar-refractivity contribution in [1.82, 2.24) is 10.3 Å². The number of halogens is 2. The molecule has 2 aromatic rings. The second-order valence-electron chi connectivity index (χ2n) is 6.20. The third-order valence-electron chi connectivity index (χ3n) is 4.27. The quantitative estimate of drug-likeness (QED) is 0.591.